The standard InChI is InChI=1S/C18H21BrN4OS/c1-13-5-2-3-8-23(13)16-10-18(21-12-20-16)25-11-17(24)22-15-7-4-6-14(19)9-15/h4,6-7,9-10,12-13H,2-3,5,8,11H2,1H3,(H,22,24)/t13-/m0/s1. The first-order valence-corrected chi connectivity index (χ1v) is 10.2. The minimum Gasteiger partial charge on any atom is -0.354 e. The van der Waals surface area contributed by atoms with Crippen molar-refractivity contribution >= 4 is 45.1 Å². The summed E-state index contributed by atoms with van der Waals surface area (Å²) in [6.45, 7) is 3.27. The minimum atomic E-state index is -0.0467. The number of aromatic nitrogens is 2. The van der Waals surface area contributed by atoms with Crippen LogP contribution in [0.5, 0.6) is 0 Å². The van der Waals surface area contributed by atoms with Crippen LogP contribution in [-0.2, 0) is 4.79 Å². The van der Waals surface area contributed by atoms with Crippen LogP contribution in [-0.4, -0.2) is 34.2 Å². The zero-order valence-corrected chi connectivity index (χ0v) is 16.5. The molecule has 132 valence electrons. The number of anilines is 2. The van der Waals surface area contributed by atoms with Crippen LogP contribution in [0.4, 0.5) is 11.5 Å². The Morgan fingerprint density at radius 3 is 3.04 bits per heavy atom. The van der Waals surface area contributed by atoms with Crippen molar-refractivity contribution in [1.29, 1.82) is 0 Å². The molecule has 1 amide bonds. The van der Waals surface area contributed by atoms with Gasteiger partial charge in [-0.2, -0.15) is 0 Å². The number of rotatable bonds is 5. The zero-order chi connectivity index (χ0) is 17.6. The van der Waals surface area contributed by atoms with Crippen molar-refractivity contribution < 1.29 is 4.79 Å². The highest BCUT2D eigenvalue weighted by molar-refractivity contribution is 9.10. The number of halogens is 1. The van der Waals surface area contributed by atoms with Crippen LogP contribution in [0.3, 0.4) is 0 Å². The van der Waals surface area contributed by atoms with E-state index in [1.54, 1.807) is 6.33 Å². The first kappa shape index (κ1) is 18.2. The number of hydrogen-bond acceptors (Lipinski definition) is 5. The molecule has 7 heteroatoms. The molecule has 0 radical (unpaired) electrons. The lowest BCUT2D eigenvalue weighted by atomic mass is 10.0. The minimum absolute atomic E-state index is 0.0467. The smallest absolute Gasteiger partial charge is 0.234 e. The van der Waals surface area contributed by atoms with Crippen LogP contribution in [0.25, 0.3) is 0 Å². The molecule has 0 aliphatic carbocycles. The Hall–Kier alpha value is -1.60. The van der Waals surface area contributed by atoms with Crippen LogP contribution in [0.2, 0.25) is 0 Å². The molecular weight excluding hydrogens is 400 g/mol. The number of carbonyl (C=O) groups excluding carboxylic acids is 1. The van der Waals surface area contributed by atoms with E-state index < -0.39 is 0 Å². The van der Waals surface area contributed by atoms with Crippen molar-refractivity contribution in [2.45, 2.75) is 37.3 Å². The van der Waals surface area contributed by atoms with Crippen LogP contribution in [0.1, 0.15) is 26.2 Å². The Bertz CT molecular complexity index is 743. The predicted octanol–water partition coefficient (Wildman–Crippen LogP) is 4.35. The van der Waals surface area contributed by atoms with Crippen molar-refractivity contribution in [3.05, 3.63) is 41.1 Å². The van der Waals surface area contributed by atoms with Gasteiger partial charge < -0.3 is 10.2 Å². The third-order valence-electron chi connectivity index (χ3n) is 4.18. The largest absolute Gasteiger partial charge is 0.354 e. The van der Waals surface area contributed by atoms with Crippen LogP contribution in [0.15, 0.2) is 46.2 Å². The van der Waals surface area contributed by atoms with Gasteiger partial charge in [0.15, 0.2) is 0 Å². The molecule has 0 saturated carbocycles. The van der Waals surface area contributed by atoms with E-state index in [9.17, 15) is 4.79 Å². The molecule has 1 N–H and O–H groups in total. The summed E-state index contributed by atoms with van der Waals surface area (Å²) >= 11 is 4.83. The molecule has 25 heavy (non-hydrogen) atoms. The van der Waals surface area contributed by atoms with Gasteiger partial charge in [-0.05, 0) is 44.4 Å². The van der Waals surface area contributed by atoms with E-state index in [0.717, 1.165) is 27.5 Å². The lowest BCUT2D eigenvalue weighted by Crippen LogP contribution is -2.38. The van der Waals surface area contributed by atoms with Gasteiger partial charge in [0.1, 0.15) is 17.2 Å². The van der Waals surface area contributed by atoms with Gasteiger partial charge in [-0.15, -0.1) is 0 Å². The summed E-state index contributed by atoms with van der Waals surface area (Å²) in [7, 11) is 0. The fourth-order valence-electron chi connectivity index (χ4n) is 2.91. The monoisotopic (exact) mass is 420 g/mol. The second kappa shape index (κ2) is 8.67. The molecule has 1 saturated heterocycles. The van der Waals surface area contributed by atoms with Crippen molar-refractivity contribution in [3.8, 4) is 0 Å². The molecule has 1 aromatic carbocycles. The van der Waals surface area contributed by atoms with E-state index in [-0.39, 0.29) is 5.91 Å². The van der Waals surface area contributed by atoms with Gasteiger partial charge in [0, 0.05) is 28.8 Å². The molecule has 1 aromatic heterocycles. The lowest BCUT2D eigenvalue weighted by molar-refractivity contribution is -0.113. The number of benzene rings is 1. The number of nitrogens with zero attached hydrogens (tertiary/aromatic N) is 3. The summed E-state index contributed by atoms with van der Waals surface area (Å²) in [5.41, 5.74) is 0.783. The molecule has 0 bridgehead atoms. The highest BCUT2D eigenvalue weighted by Crippen LogP contribution is 2.25. The van der Waals surface area contributed by atoms with E-state index in [1.807, 2.05) is 30.3 Å². The topological polar surface area (TPSA) is 58.1 Å². The van der Waals surface area contributed by atoms with Gasteiger partial charge >= 0.3 is 0 Å². The zero-order valence-electron chi connectivity index (χ0n) is 14.1. The lowest BCUT2D eigenvalue weighted by Gasteiger charge is -2.34. The van der Waals surface area contributed by atoms with Gasteiger partial charge in [-0.1, -0.05) is 33.8 Å². The average Bonchev–Trinajstić information content (AvgIpc) is 2.61. The van der Waals surface area contributed by atoms with E-state index in [1.165, 1.54) is 31.0 Å². The maximum atomic E-state index is 12.1. The van der Waals surface area contributed by atoms with Gasteiger partial charge in [0.05, 0.1) is 5.75 Å². The molecule has 5 nitrogen and oxygen atoms in total. The van der Waals surface area contributed by atoms with Crippen molar-refractivity contribution in [2.75, 3.05) is 22.5 Å². The highest BCUT2D eigenvalue weighted by Gasteiger charge is 2.20. The van der Waals surface area contributed by atoms with Crippen molar-refractivity contribution in [3.63, 3.8) is 0 Å². The highest BCUT2D eigenvalue weighted by atomic mass is 79.9. The Balaban J connectivity index is 1.57. The first-order chi connectivity index (χ1) is 12.1. The fraction of sp³-hybridized carbons (Fsp3) is 0.389. The second-order valence-corrected chi connectivity index (χ2v) is 8.01. The molecule has 1 fully saturated rings. The Kier molecular flexibility index (Phi) is 6.31. The molecule has 0 unspecified atom stereocenters. The third kappa shape index (κ3) is 5.19. The van der Waals surface area contributed by atoms with Crippen molar-refractivity contribution in [2.24, 2.45) is 0 Å². The number of hydrogen-bond donors (Lipinski definition) is 1. The van der Waals surface area contributed by atoms with Gasteiger partial charge in [0.25, 0.3) is 0 Å². The summed E-state index contributed by atoms with van der Waals surface area (Å²) in [6.07, 6.45) is 5.26. The third-order valence-corrected chi connectivity index (χ3v) is 5.60. The molecule has 1 aliphatic rings. The molecule has 1 atom stereocenters. The average molecular weight is 421 g/mol. The summed E-state index contributed by atoms with van der Waals surface area (Å²) in [4.78, 5) is 23.2. The molecule has 2 heterocycles. The maximum absolute atomic E-state index is 12.1. The predicted molar refractivity (Wildman–Crippen MR) is 106 cm³/mol. The molecular formula is C18H21BrN4OS. The maximum Gasteiger partial charge on any atom is 0.234 e. The van der Waals surface area contributed by atoms with Gasteiger partial charge in [0.2, 0.25) is 5.91 Å². The molecule has 0 spiro atoms. The fourth-order valence-corrected chi connectivity index (χ4v) is 3.97. The van der Waals surface area contributed by atoms with E-state index in [4.69, 9.17) is 0 Å². The molecule has 1 aliphatic heterocycles. The Morgan fingerprint density at radius 2 is 2.24 bits per heavy atom. The van der Waals surface area contributed by atoms with E-state index in [2.05, 4.69) is 43.0 Å². The SMILES string of the molecule is C[C@H]1CCCCN1c1cc(SCC(=O)Nc2cccc(Br)c2)ncn1. The molecule has 2 aromatic rings. The van der Waals surface area contributed by atoms with Crippen LogP contribution >= 0.6 is 27.7 Å². The number of piperidine rings is 1. The first-order valence-electron chi connectivity index (χ1n) is 8.39. The number of thioether (sulfide) groups is 1. The van der Waals surface area contributed by atoms with Gasteiger partial charge in [-0.3, -0.25) is 4.79 Å². The Morgan fingerprint density at radius 1 is 1.36 bits per heavy atom. The van der Waals surface area contributed by atoms with E-state index >= 15 is 0 Å². The second-order valence-electron chi connectivity index (χ2n) is 6.10. The molecule has 3 rings (SSSR count). The quantitative estimate of drug-likeness (QED) is 0.575. The Labute approximate surface area is 160 Å². The summed E-state index contributed by atoms with van der Waals surface area (Å²) in [5, 5.41) is 3.72. The number of carbonyl (C=O) groups is 1. The summed E-state index contributed by atoms with van der Waals surface area (Å²) in [5.74, 6) is 1.23. The normalized spacial score (nSPS) is 17.4. The van der Waals surface area contributed by atoms with Crippen LogP contribution < -0.4 is 10.2 Å². The summed E-state index contributed by atoms with van der Waals surface area (Å²) in [6, 6.07) is 10.1. The van der Waals surface area contributed by atoms with Gasteiger partial charge in [-0.25, -0.2) is 9.97 Å². The number of nitrogens with one attached hydrogen (secondary N) is 1. The summed E-state index contributed by atoms with van der Waals surface area (Å²) < 4.78 is 0.939. The van der Waals surface area contributed by atoms with Crippen LogP contribution in [0, 0.1) is 0 Å². The van der Waals surface area contributed by atoms with Crippen molar-refractivity contribution in [1.82, 2.24) is 9.97 Å². The van der Waals surface area contributed by atoms with E-state index in [0.29, 0.717) is 11.8 Å². The number of amides is 1.